The molecule has 0 saturated heterocycles. The number of aryl methyl sites for hydroxylation is 2. The fraction of sp³-hybridized carbons (Fsp3) is 0.0870. The Bertz CT molecular complexity index is 1240. The number of para-hydroxylation sites is 1. The fourth-order valence-electron chi connectivity index (χ4n) is 3.00. The van der Waals surface area contributed by atoms with Crippen molar-refractivity contribution in [2.24, 2.45) is 4.99 Å². The number of benzene rings is 3. The molecule has 4 aromatic rings. The predicted molar refractivity (Wildman–Crippen MR) is 109 cm³/mol. The summed E-state index contributed by atoms with van der Waals surface area (Å²) in [7, 11) is 0. The smallest absolute Gasteiger partial charge is 0.856 e. The molecule has 0 N–H and O–H groups in total. The van der Waals surface area contributed by atoms with Crippen LogP contribution in [0.15, 0.2) is 82.6 Å². The van der Waals surface area contributed by atoms with E-state index >= 15 is 0 Å². The average molecular weight is 391 g/mol. The largest absolute Gasteiger partial charge is 1.00 e. The van der Waals surface area contributed by atoms with Crippen LogP contribution < -0.4 is 40.2 Å². The molecule has 0 aliphatic heterocycles. The molecule has 0 saturated carbocycles. The molecule has 3 aromatic carbocycles. The number of hydrogen-bond acceptors (Lipinski definition) is 4. The third-order valence-electron chi connectivity index (χ3n) is 4.52. The Kier molecular flexibility index (Phi) is 6.33. The maximum absolute atomic E-state index is 13.2. The maximum atomic E-state index is 13.2. The third kappa shape index (κ3) is 4.32. The number of aromatic nitrogens is 2. The monoisotopic (exact) mass is 391 g/mol. The summed E-state index contributed by atoms with van der Waals surface area (Å²) in [6, 6.07) is 21.7. The number of nitrogens with zero attached hydrogens (tertiary/aromatic N) is 3. The van der Waals surface area contributed by atoms with E-state index in [0.29, 0.717) is 22.3 Å². The molecule has 138 valence electrons. The Hall–Kier alpha value is -2.73. The molecule has 0 unspecified atom stereocenters. The van der Waals surface area contributed by atoms with Gasteiger partial charge in [-0.3, -0.25) is 14.4 Å². The first kappa shape index (κ1) is 21.0. The molecule has 0 bridgehead atoms. The van der Waals surface area contributed by atoms with Crippen LogP contribution in [0.4, 0.5) is 5.69 Å². The second-order valence-electron chi connectivity index (χ2n) is 6.68. The van der Waals surface area contributed by atoms with Crippen molar-refractivity contribution in [1.29, 1.82) is 0 Å². The van der Waals surface area contributed by atoms with E-state index in [9.17, 15) is 9.90 Å². The van der Waals surface area contributed by atoms with E-state index in [0.717, 1.165) is 11.1 Å². The summed E-state index contributed by atoms with van der Waals surface area (Å²) in [4.78, 5) is 21.8. The number of aliphatic imine (C=N–C) groups is 1. The van der Waals surface area contributed by atoms with Crippen LogP contribution in [0.25, 0.3) is 16.6 Å². The first-order valence-corrected chi connectivity index (χ1v) is 8.94. The van der Waals surface area contributed by atoms with Crippen LogP contribution in [-0.2, 0) is 0 Å². The summed E-state index contributed by atoms with van der Waals surface area (Å²) in [5.74, 6) is -0.569. The Morgan fingerprint density at radius 3 is 2.14 bits per heavy atom. The maximum Gasteiger partial charge on any atom is 1.00 e. The van der Waals surface area contributed by atoms with E-state index in [4.69, 9.17) is 0 Å². The summed E-state index contributed by atoms with van der Waals surface area (Å²) in [5.41, 5.74) is 3.41. The average Bonchev–Trinajstić information content (AvgIpc) is 2.70. The van der Waals surface area contributed by atoms with Gasteiger partial charge in [-0.2, -0.15) is 0 Å². The van der Waals surface area contributed by atoms with Gasteiger partial charge in [0.15, 0.2) is 5.82 Å². The molecule has 6 heteroatoms. The van der Waals surface area contributed by atoms with Gasteiger partial charge in [-0.1, -0.05) is 47.5 Å². The Labute approximate surface area is 190 Å². The topological polar surface area (TPSA) is 70.3 Å². The zero-order valence-electron chi connectivity index (χ0n) is 16.6. The van der Waals surface area contributed by atoms with Crippen molar-refractivity contribution in [3.63, 3.8) is 0 Å². The van der Waals surface area contributed by atoms with Crippen LogP contribution in [0.2, 0.25) is 0 Å². The zero-order chi connectivity index (χ0) is 19.7. The van der Waals surface area contributed by atoms with E-state index in [2.05, 4.69) is 9.98 Å². The molecule has 1 heterocycles. The van der Waals surface area contributed by atoms with Crippen LogP contribution in [0.5, 0.6) is 0 Å². The molecule has 4 rings (SSSR count). The summed E-state index contributed by atoms with van der Waals surface area (Å²) in [6.07, 6.45) is 0. The Balaban J connectivity index is 0.00000240. The minimum absolute atomic E-state index is 0. The van der Waals surface area contributed by atoms with Crippen molar-refractivity contribution in [1.82, 2.24) is 9.55 Å². The first-order chi connectivity index (χ1) is 13.5. The molecule has 0 amide bonds. The van der Waals surface area contributed by atoms with Crippen molar-refractivity contribution >= 4 is 22.5 Å². The van der Waals surface area contributed by atoms with Gasteiger partial charge in [0.25, 0.3) is 5.56 Å². The normalized spacial score (nSPS) is 11.3. The molecule has 0 spiro atoms. The van der Waals surface area contributed by atoms with Gasteiger partial charge >= 0.3 is 29.6 Å². The van der Waals surface area contributed by atoms with Crippen molar-refractivity contribution in [2.45, 2.75) is 13.8 Å². The molecule has 0 atom stereocenters. The van der Waals surface area contributed by atoms with E-state index < -0.39 is 5.90 Å². The summed E-state index contributed by atoms with van der Waals surface area (Å²) >= 11 is 0. The van der Waals surface area contributed by atoms with Gasteiger partial charge in [-0.15, -0.1) is 0 Å². The second kappa shape index (κ2) is 8.74. The molecule has 1 aromatic heterocycles. The van der Waals surface area contributed by atoms with Crippen molar-refractivity contribution in [2.75, 3.05) is 0 Å². The molecular weight excluding hydrogens is 373 g/mol. The van der Waals surface area contributed by atoms with Crippen LogP contribution in [0.3, 0.4) is 0 Å². The fourth-order valence-corrected chi connectivity index (χ4v) is 3.00. The molecule has 0 fully saturated rings. The van der Waals surface area contributed by atoms with Crippen LogP contribution in [-0.4, -0.2) is 15.4 Å². The van der Waals surface area contributed by atoms with Gasteiger partial charge in [0.1, 0.15) is 0 Å². The molecule has 5 nitrogen and oxygen atoms in total. The van der Waals surface area contributed by atoms with Gasteiger partial charge in [0.05, 0.1) is 22.3 Å². The van der Waals surface area contributed by atoms with Crippen LogP contribution in [0, 0.1) is 13.8 Å². The van der Waals surface area contributed by atoms with Gasteiger partial charge in [-0.05, 0) is 50.2 Å². The Morgan fingerprint density at radius 2 is 1.48 bits per heavy atom. The predicted octanol–water partition coefficient (Wildman–Crippen LogP) is 0.445. The first-order valence-electron chi connectivity index (χ1n) is 8.94. The molecule has 0 aliphatic rings. The Morgan fingerprint density at radius 1 is 0.897 bits per heavy atom. The van der Waals surface area contributed by atoms with Crippen LogP contribution in [0.1, 0.15) is 17.0 Å². The minimum atomic E-state index is -0.563. The number of hydrogen-bond donors (Lipinski definition) is 0. The van der Waals surface area contributed by atoms with E-state index in [-0.39, 0.29) is 40.9 Å². The summed E-state index contributed by atoms with van der Waals surface area (Å²) in [6.45, 7) is 3.93. The number of rotatable bonds is 3. The van der Waals surface area contributed by atoms with Crippen LogP contribution >= 0.6 is 0 Å². The van der Waals surface area contributed by atoms with Crippen molar-refractivity contribution < 1.29 is 34.7 Å². The van der Waals surface area contributed by atoms with Gasteiger partial charge in [-0.25, -0.2) is 4.98 Å². The number of fused-ring (bicyclic) bond motifs is 1. The van der Waals surface area contributed by atoms with E-state index in [1.54, 1.807) is 48.5 Å². The van der Waals surface area contributed by atoms with E-state index in [1.165, 1.54) is 4.57 Å². The standard InChI is InChI=1S/C23H19N3O2.Na/c1-15-7-11-17(12-8-15)24-22(27)21-25-20-6-4-3-5-19(20)23(28)26(21)18-13-9-16(2)10-14-18;/h3-14H,1-2H3,(H,24,27);/q;+1/p-1. The van der Waals surface area contributed by atoms with Crippen molar-refractivity contribution in [3.8, 4) is 5.69 Å². The third-order valence-corrected chi connectivity index (χ3v) is 4.52. The summed E-state index contributed by atoms with van der Waals surface area (Å²) < 4.78 is 1.34. The quantitative estimate of drug-likeness (QED) is 0.289. The molecule has 0 aliphatic carbocycles. The van der Waals surface area contributed by atoms with E-state index in [1.807, 2.05) is 38.1 Å². The molecule has 0 radical (unpaired) electrons. The SMILES string of the molecule is Cc1ccc(N=C([O-])c2nc3ccccc3c(=O)n2-c2ccc(C)cc2)cc1.[Na+]. The molecule has 29 heavy (non-hydrogen) atoms. The van der Waals surface area contributed by atoms with Gasteiger partial charge in [0.2, 0.25) is 0 Å². The van der Waals surface area contributed by atoms with Gasteiger partial charge < -0.3 is 5.11 Å². The summed E-state index contributed by atoms with van der Waals surface area (Å²) in [5, 5.41) is 13.4. The van der Waals surface area contributed by atoms with Gasteiger partial charge in [0, 0.05) is 5.90 Å². The molecular formula is C23H18N3NaO2. The second-order valence-corrected chi connectivity index (χ2v) is 6.68. The zero-order valence-corrected chi connectivity index (χ0v) is 18.6. The minimum Gasteiger partial charge on any atom is -0.856 e. The van der Waals surface area contributed by atoms with Crippen molar-refractivity contribution in [3.05, 3.63) is 100 Å².